The van der Waals surface area contributed by atoms with Crippen LogP contribution in [0, 0.1) is 40.4 Å². The van der Waals surface area contributed by atoms with Gasteiger partial charge in [0.05, 0.1) is 0 Å². The van der Waals surface area contributed by atoms with E-state index in [2.05, 4.69) is 6.92 Å². The third kappa shape index (κ3) is 2.37. The highest BCUT2D eigenvalue weighted by Gasteiger charge is 2.62. The molecule has 4 fully saturated rings. The predicted octanol–water partition coefficient (Wildman–Crippen LogP) is 3.88. The molecule has 4 nitrogen and oxygen atoms in total. The number of hydrogen-bond acceptors (Lipinski definition) is 4. The van der Waals surface area contributed by atoms with E-state index in [1.807, 2.05) is 0 Å². The lowest BCUT2D eigenvalue weighted by atomic mass is 9.44. The minimum absolute atomic E-state index is 0.182. The summed E-state index contributed by atoms with van der Waals surface area (Å²) < 4.78 is 5.21. The number of rotatable bonds is 2. The van der Waals surface area contributed by atoms with E-state index in [9.17, 15) is 14.4 Å². The average molecular weight is 370 g/mol. The molecule has 0 aromatic heterocycles. The maximum atomic E-state index is 12.4. The van der Waals surface area contributed by atoms with E-state index in [0.29, 0.717) is 48.9 Å². The van der Waals surface area contributed by atoms with Gasteiger partial charge in [-0.15, -0.1) is 0 Å². The number of carbonyl (C=O) groups is 3. The number of aldehydes is 1. The van der Waals surface area contributed by atoms with Gasteiger partial charge in [-0.25, -0.2) is 4.79 Å². The van der Waals surface area contributed by atoms with Crippen molar-refractivity contribution < 1.29 is 19.1 Å². The van der Waals surface area contributed by atoms with Crippen LogP contribution in [0.15, 0.2) is 11.6 Å². The molecular weight excluding hydrogens is 340 g/mol. The van der Waals surface area contributed by atoms with E-state index in [1.165, 1.54) is 24.7 Å². The third-order valence-electron chi connectivity index (χ3n) is 9.40. The predicted molar refractivity (Wildman–Crippen MR) is 99.7 cm³/mol. The number of hydrogen-bond donors (Lipinski definition) is 0. The van der Waals surface area contributed by atoms with Gasteiger partial charge in [0, 0.05) is 24.3 Å². The number of ether oxygens (including phenoxy) is 1. The van der Waals surface area contributed by atoms with Crippen molar-refractivity contribution in [2.24, 2.45) is 40.4 Å². The Balaban J connectivity index is 1.45. The molecule has 4 saturated carbocycles. The first-order valence-electron chi connectivity index (χ1n) is 10.8. The van der Waals surface area contributed by atoms with Gasteiger partial charge in [-0.1, -0.05) is 6.92 Å². The first-order chi connectivity index (χ1) is 13.0. The zero-order valence-electron chi connectivity index (χ0n) is 16.2. The summed E-state index contributed by atoms with van der Waals surface area (Å²) in [6, 6.07) is 0. The smallest absolute Gasteiger partial charge is 0.331 e. The third-order valence-corrected chi connectivity index (χ3v) is 9.40. The summed E-state index contributed by atoms with van der Waals surface area (Å²) in [6.45, 7) is 2.90. The fraction of sp³-hybridized carbons (Fsp3) is 0.783. The molecule has 5 rings (SSSR count). The van der Waals surface area contributed by atoms with Gasteiger partial charge in [0.15, 0.2) is 0 Å². The van der Waals surface area contributed by atoms with Crippen molar-refractivity contribution in [3.8, 4) is 0 Å². The summed E-state index contributed by atoms with van der Waals surface area (Å²) in [6.07, 6.45) is 11.8. The van der Waals surface area contributed by atoms with Crippen LogP contribution in [0.3, 0.4) is 0 Å². The fourth-order valence-corrected chi connectivity index (χ4v) is 8.18. The Morgan fingerprint density at radius 3 is 2.67 bits per heavy atom. The highest BCUT2D eigenvalue weighted by molar-refractivity contribution is 5.85. The first-order valence-corrected chi connectivity index (χ1v) is 10.8. The second kappa shape index (κ2) is 6.02. The summed E-state index contributed by atoms with van der Waals surface area (Å²) >= 11 is 0. The van der Waals surface area contributed by atoms with Crippen molar-refractivity contribution in [3.05, 3.63) is 11.6 Å². The Morgan fingerprint density at radius 2 is 1.93 bits per heavy atom. The van der Waals surface area contributed by atoms with E-state index in [1.54, 1.807) is 6.08 Å². The standard InChI is InChI=1S/C23H30O4/c1-22-8-7-20-17(3-2-15-11-16(25)6-9-23(15,20)13-24)19(22)5-4-18(22)14-10-21(26)27-12-14/h10,13,15,17-20H,2-9,11-12H2,1H3/t15?,17-,18+,19-,20-,22+,23+/m0/s1. The molecule has 0 aromatic carbocycles. The van der Waals surface area contributed by atoms with Crippen LogP contribution in [0.4, 0.5) is 0 Å². The molecule has 4 heteroatoms. The molecule has 0 radical (unpaired) electrons. The monoisotopic (exact) mass is 370 g/mol. The summed E-state index contributed by atoms with van der Waals surface area (Å²) in [5.74, 6) is 2.59. The van der Waals surface area contributed by atoms with Gasteiger partial charge in [-0.3, -0.25) is 4.79 Å². The minimum atomic E-state index is -0.248. The molecule has 27 heavy (non-hydrogen) atoms. The number of carbonyl (C=O) groups excluding carboxylic acids is 3. The van der Waals surface area contributed by atoms with Crippen LogP contribution in [0.5, 0.6) is 0 Å². The van der Waals surface area contributed by atoms with Crippen molar-refractivity contribution in [1.82, 2.24) is 0 Å². The van der Waals surface area contributed by atoms with Gasteiger partial charge in [0.25, 0.3) is 0 Å². The zero-order valence-corrected chi connectivity index (χ0v) is 16.2. The van der Waals surface area contributed by atoms with Crippen molar-refractivity contribution >= 4 is 18.0 Å². The van der Waals surface area contributed by atoms with Crippen LogP contribution >= 0.6 is 0 Å². The highest BCUT2D eigenvalue weighted by Crippen LogP contribution is 2.67. The Kier molecular flexibility index (Phi) is 3.93. The second-order valence-corrected chi connectivity index (χ2v) is 10.1. The molecule has 0 spiro atoms. The molecule has 0 amide bonds. The Bertz CT molecular complexity index is 724. The molecular formula is C23H30O4. The molecule has 0 bridgehead atoms. The molecule has 5 aliphatic rings. The Morgan fingerprint density at radius 1 is 1.07 bits per heavy atom. The summed E-state index contributed by atoms with van der Waals surface area (Å²) in [5, 5.41) is 0. The summed E-state index contributed by atoms with van der Waals surface area (Å²) in [4.78, 5) is 36.0. The van der Waals surface area contributed by atoms with Gasteiger partial charge in [-0.05, 0) is 85.5 Å². The summed E-state index contributed by atoms with van der Waals surface area (Å²) in [7, 11) is 0. The zero-order chi connectivity index (χ0) is 18.8. The topological polar surface area (TPSA) is 60.4 Å². The number of cyclic esters (lactones) is 1. The van der Waals surface area contributed by atoms with Gasteiger partial charge >= 0.3 is 5.97 Å². The van der Waals surface area contributed by atoms with Gasteiger partial charge in [0.1, 0.15) is 18.7 Å². The fourth-order valence-electron chi connectivity index (χ4n) is 8.18. The van der Waals surface area contributed by atoms with E-state index in [0.717, 1.165) is 32.1 Å². The maximum absolute atomic E-state index is 12.4. The van der Waals surface area contributed by atoms with Crippen LogP contribution < -0.4 is 0 Å². The highest BCUT2D eigenvalue weighted by atomic mass is 16.5. The van der Waals surface area contributed by atoms with Gasteiger partial charge in [0.2, 0.25) is 0 Å². The number of fused-ring (bicyclic) bond motifs is 5. The first kappa shape index (κ1) is 17.6. The number of esters is 1. The van der Waals surface area contributed by atoms with Crippen LogP contribution in [0.1, 0.15) is 64.7 Å². The maximum Gasteiger partial charge on any atom is 0.331 e. The van der Waals surface area contributed by atoms with Crippen molar-refractivity contribution in [2.75, 3.05) is 6.61 Å². The molecule has 1 heterocycles. The Labute approximate surface area is 161 Å². The lowest BCUT2D eigenvalue weighted by Gasteiger charge is -2.59. The van der Waals surface area contributed by atoms with E-state index < -0.39 is 0 Å². The molecule has 0 aromatic rings. The quantitative estimate of drug-likeness (QED) is 0.547. The van der Waals surface area contributed by atoms with Crippen LogP contribution in [-0.2, 0) is 19.1 Å². The van der Waals surface area contributed by atoms with Crippen molar-refractivity contribution in [2.45, 2.75) is 64.7 Å². The van der Waals surface area contributed by atoms with Crippen molar-refractivity contribution in [1.29, 1.82) is 0 Å². The average Bonchev–Trinajstić information content (AvgIpc) is 3.23. The molecule has 4 aliphatic carbocycles. The van der Waals surface area contributed by atoms with Crippen LogP contribution in [0.2, 0.25) is 0 Å². The number of ketones is 1. The minimum Gasteiger partial charge on any atom is -0.458 e. The van der Waals surface area contributed by atoms with Gasteiger partial charge < -0.3 is 9.53 Å². The van der Waals surface area contributed by atoms with Crippen molar-refractivity contribution in [3.63, 3.8) is 0 Å². The van der Waals surface area contributed by atoms with E-state index >= 15 is 0 Å². The molecule has 1 aliphatic heterocycles. The SMILES string of the molecule is C[C@]12CC[C@H]3[C@@H](CCC4CC(=O)CC[C@@]43C=O)[C@@H]1CC[C@@H]2C1=CC(=O)OC1. The van der Waals surface area contributed by atoms with Crippen LogP contribution in [-0.4, -0.2) is 24.6 Å². The van der Waals surface area contributed by atoms with E-state index in [-0.39, 0.29) is 22.7 Å². The van der Waals surface area contributed by atoms with Gasteiger partial charge in [-0.2, -0.15) is 0 Å². The second-order valence-electron chi connectivity index (χ2n) is 10.1. The normalized spacial score (nSPS) is 48.9. The molecule has 1 unspecified atom stereocenters. The molecule has 0 saturated heterocycles. The molecule has 146 valence electrons. The lowest BCUT2D eigenvalue weighted by molar-refractivity contribution is -0.152. The summed E-state index contributed by atoms with van der Waals surface area (Å²) in [5.41, 5.74) is 1.18. The molecule has 0 N–H and O–H groups in total. The Hall–Kier alpha value is -1.45. The lowest BCUT2D eigenvalue weighted by Crippen LogP contribution is -2.55. The van der Waals surface area contributed by atoms with E-state index in [4.69, 9.17) is 4.74 Å². The molecule has 7 atom stereocenters. The van der Waals surface area contributed by atoms with Crippen LogP contribution in [0.25, 0.3) is 0 Å². The number of Topliss-reactive ketones (excluding diaryl/α,β-unsaturated/α-hetero) is 1. The largest absolute Gasteiger partial charge is 0.458 e.